The number of benzene rings is 3. The number of rotatable bonds is 7. The van der Waals surface area contributed by atoms with Gasteiger partial charge in [0.05, 0.1) is 0 Å². The normalized spacial score (nSPS) is 13.3. The lowest BCUT2D eigenvalue weighted by atomic mass is 9.99. The molecular weight excluding hydrogens is 584 g/mol. The molecule has 0 aromatic heterocycles. The number of carbonyl (C=O) groups excluding carboxylic acids is 4. The summed E-state index contributed by atoms with van der Waals surface area (Å²) in [5.74, 6) is -0.603. The maximum atomic E-state index is 12.9. The van der Waals surface area contributed by atoms with Gasteiger partial charge in [0, 0.05) is 42.1 Å². The lowest BCUT2D eigenvalue weighted by molar-refractivity contribution is 0.0270. The van der Waals surface area contributed by atoms with Crippen molar-refractivity contribution in [1.82, 2.24) is 10.2 Å². The van der Waals surface area contributed by atoms with Crippen LogP contribution in [-0.2, 0) is 16.0 Å². The third kappa shape index (κ3) is 10.2. The van der Waals surface area contributed by atoms with Gasteiger partial charge >= 0.3 is 12.2 Å². The van der Waals surface area contributed by atoms with E-state index in [1.54, 1.807) is 74.2 Å². The van der Waals surface area contributed by atoms with E-state index in [-0.39, 0.29) is 17.9 Å². The molecule has 0 unspecified atom stereocenters. The summed E-state index contributed by atoms with van der Waals surface area (Å²) in [6.07, 6.45) is 1.93. The SMILES string of the molecule is CC(C)(C)OC(=O)NCc1ccc(NC(=O)c2ccc(C(=O)Nc3ccc(C4=CCN(C(=O)OC(C)(C)C)CC4)cc3)cc2)cc1. The molecule has 0 bridgehead atoms. The fourth-order valence-corrected chi connectivity index (χ4v) is 4.57. The third-order valence-electron chi connectivity index (χ3n) is 6.83. The predicted octanol–water partition coefficient (Wildman–Crippen LogP) is 7.24. The van der Waals surface area contributed by atoms with Gasteiger partial charge in [-0.1, -0.05) is 30.3 Å². The van der Waals surface area contributed by atoms with Crippen LogP contribution in [0.3, 0.4) is 0 Å². The quantitative estimate of drug-likeness (QED) is 0.254. The molecule has 0 atom stereocenters. The van der Waals surface area contributed by atoms with Crippen LogP contribution >= 0.6 is 0 Å². The van der Waals surface area contributed by atoms with Crippen molar-refractivity contribution in [2.45, 2.75) is 65.7 Å². The monoisotopic (exact) mass is 626 g/mol. The van der Waals surface area contributed by atoms with Crippen LogP contribution in [0.4, 0.5) is 21.0 Å². The van der Waals surface area contributed by atoms with Gasteiger partial charge in [0.25, 0.3) is 11.8 Å². The average molecular weight is 627 g/mol. The summed E-state index contributed by atoms with van der Waals surface area (Å²) >= 11 is 0. The van der Waals surface area contributed by atoms with Crippen molar-refractivity contribution < 1.29 is 28.7 Å². The number of amides is 4. The van der Waals surface area contributed by atoms with Crippen LogP contribution in [0.1, 0.15) is 79.8 Å². The second-order valence-corrected chi connectivity index (χ2v) is 13.0. The van der Waals surface area contributed by atoms with Gasteiger partial charge in [0.2, 0.25) is 0 Å². The van der Waals surface area contributed by atoms with Crippen molar-refractivity contribution in [3.8, 4) is 0 Å². The first-order valence-electron chi connectivity index (χ1n) is 15.2. The topological polar surface area (TPSA) is 126 Å². The van der Waals surface area contributed by atoms with E-state index in [9.17, 15) is 19.2 Å². The van der Waals surface area contributed by atoms with E-state index < -0.39 is 17.3 Å². The number of nitrogens with zero attached hydrogens (tertiary/aromatic N) is 1. The van der Waals surface area contributed by atoms with E-state index in [0.29, 0.717) is 48.6 Å². The molecule has 3 aromatic carbocycles. The minimum absolute atomic E-state index is 0.292. The number of ether oxygens (including phenoxy) is 2. The van der Waals surface area contributed by atoms with Gasteiger partial charge in [-0.25, -0.2) is 9.59 Å². The zero-order chi connectivity index (χ0) is 33.5. The molecular formula is C36H42N4O6. The van der Waals surface area contributed by atoms with Crippen LogP contribution in [0.25, 0.3) is 5.57 Å². The molecule has 242 valence electrons. The zero-order valence-electron chi connectivity index (χ0n) is 27.2. The van der Waals surface area contributed by atoms with Crippen LogP contribution < -0.4 is 16.0 Å². The molecule has 0 fully saturated rings. The Labute approximate surface area is 270 Å². The second-order valence-electron chi connectivity index (χ2n) is 13.0. The van der Waals surface area contributed by atoms with Crippen LogP contribution in [-0.4, -0.2) is 53.2 Å². The molecule has 46 heavy (non-hydrogen) atoms. The largest absolute Gasteiger partial charge is 0.444 e. The number of hydrogen-bond acceptors (Lipinski definition) is 6. The van der Waals surface area contributed by atoms with Crippen LogP contribution in [0.5, 0.6) is 0 Å². The Hall–Kier alpha value is -5.12. The average Bonchev–Trinajstić information content (AvgIpc) is 2.99. The standard InChI is InChI=1S/C36H42N4O6/c1-35(2,3)45-33(43)37-23-24-7-15-29(16-8-24)38-31(41)27-9-11-28(12-10-27)32(42)39-30-17-13-25(14-18-30)26-19-21-40(22-20-26)34(44)46-36(4,5)6/h7-19H,20-23H2,1-6H3,(H,37,43)(H,38,41)(H,39,42). The maximum absolute atomic E-state index is 12.9. The molecule has 1 aliphatic heterocycles. The summed E-state index contributed by atoms with van der Waals surface area (Å²) in [6.45, 7) is 12.3. The number of anilines is 2. The van der Waals surface area contributed by atoms with Crippen LogP contribution in [0, 0.1) is 0 Å². The van der Waals surface area contributed by atoms with E-state index in [4.69, 9.17) is 9.47 Å². The lowest BCUT2D eigenvalue weighted by Gasteiger charge is -2.29. The number of carbonyl (C=O) groups is 4. The first-order valence-corrected chi connectivity index (χ1v) is 15.2. The molecule has 4 amide bonds. The maximum Gasteiger partial charge on any atom is 0.410 e. The highest BCUT2D eigenvalue weighted by Gasteiger charge is 2.24. The first-order chi connectivity index (χ1) is 21.6. The molecule has 10 nitrogen and oxygen atoms in total. The number of alkyl carbamates (subject to hydrolysis) is 1. The molecule has 3 N–H and O–H groups in total. The van der Waals surface area contributed by atoms with Gasteiger partial charge in [0.1, 0.15) is 11.2 Å². The fourth-order valence-electron chi connectivity index (χ4n) is 4.57. The van der Waals surface area contributed by atoms with E-state index in [0.717, 1.165) is 16.7 Å². The summed E-state index contributed by atoms with van der Waals surface area (Å²) in [4.78, 5) is 51.5. The first kappa shape index (κ1) is 33.8. The Bertz CT molecular complexity index is 1580. The Kier molecular flexibility index (Phi) is 10.5. The van der Waals surface area contributed by atoms with Gasteiger partial charge in [-0.2, -0.15) is 0 Å². The number of hydrogen-bond donors (Lipinski definition) is 3. The highest BCUT2D eigenvalue weighted by Crippen LogP contribution is 2.25. The summed E-state index contributed by atoms with van der Waals surface area (Å²) in [5.41, 5.74) is 3.99. The zero-order valence-corrected chi connectivity index (χ0v) is 27.2. The molecule has 0 saturated carbocycles. The minimum atomic E-state index is -0.572. The van der Waals surface area contributed by atoms with E-state index in [2.05, 4.69) is 16.0 Å². The van der Waals surface area contributed by atoms with E-state index in [1.165, 1.54) is 0 Å². The van der Waals surface area contributed by atoms with Gasteiger partial charge < -0.3 is 30.3 Å². The van der Waals surface area contributed by atoms with Crippen molar-refractivity contribution in [2.24, 2.45) is 0 Å². The van der Waals surface area contributed by atoms with Crippen LogP contribution in [0.15, 0.2) is 78.9 Å². The van der Waals surface area contributed by atoms with E-state index in [1.807, 2.05) is 51.1 Å². The summed E-state index contributed by atoms with van der Waals surface area (Å²) < 4.78 is 10.7. The molecule has 10 heteroatoms. The number of nitrogens with one attached hydrogen (secondary N) is 3. The van der Waals surface area contributed by atoms with E-state index >= 15 is 0 Å². The summed E-state index contributed by atoms with van der Waals surface area (Å²) in [7, 11) is 0. The Morgan fingerprint density at radius 2 is 1.20 bits per heavy atom. The second kappa shape index (κ2) is 14.3. The summed E-state index contributed by atoms with van der Waals surface area (Å²) in [5, 5.41) is 8.43. The van der Waals surface area contributed by atoms with Gasteiger partial charge in [-0.05, 0) is 113 Å². The van der Waals surface area contributed by atoms with Gasteiger partial charge in [-0.3, -0.25) is 9.59 Å². The molecule has 3 aromatic rings. The highest BCUT2D eigenvalue weighted by molar-refractivity contribution is 6.07. The Balaban J connectivity index is 1.26. The lowest BCUT2D eigenvalue weighted by Crippen LogP contribution is -2.39. The van der Waals surface area contributed by atoms with Crippen LogP contribution in [0.2, 0.25) is 0 Å². The smallest absolute Gasteiger partial charge is 0.410 e. The van der Waals surface area contributed by atoms with Crippen molar-refractivity contribution in [3.05, 3.63) is 101 Å². The molecule has 1 heterocycles. The molecule has 4 rings (SSSR count). The van der Waals surface area contributed by atoms with Gasteiger partial charge in [-0.15, -0.1) is 0 Å². The Morgan fingerprint density at radius 1 is 0.696 bits per heavy atom. The van der Waals surface area contributed by atoms with Crippen molar-refractivity contribution in [2.75, 3.05) is 23.7 Å². The predicted molar refractivity (Wildman–Crippen MR) is 179 cm³/mol. The highest BCUT2D eigenvalue weighted by atomic mass is 16.6. The molecule has 1 aliphatic rings. The third-order valence-corrected chi connectivity index (χ3v) is 6.83. The van der Waals surface area contributed by atoms with Crippen molar-refractivity contribution >= 4 is 40.9 Å². The van der Waals surface area contributed by atoms with Crippen molar-refractivity contribution in [3.63, 3.8) is 0 Å². The summed E-state index contributed by atoms with van der Waals surface area (Å²) in [6, 6.07) is 21.1. The van der Waals surface area contributed by atoms with Gasteiger partial charge in [0.15, 0.2) is 0 Å². The van der Waals surface area contributed by atoms with Crippen molar-refractivity contribution in [1.29, 1.82) is 0 Å². The molecule has 0 radical (unpaired) electrons. The molecule has 0 spiro atoms. The Morgan fingerprint density at radius 3 is 1.65 bits per heavy atom. The molecule has 0 saturated heterocycles. The molecule has 0 aliphatic carbocycles. The fraction of sp³-hybridized carbons (Fsp3) is 0.333. The minimum Gasteiger partial charge on any atom is -0.444 e.